The van der Waals surface area contributed by atoms with Crippen LogP contribution in [0.2, 0.25) is 0 Å². The van der Waals surface area contributed by atoms with Gasteiger partial charge < -0.3 is 5.32 Å². The van der Waals surface area contributed by atoms with Gasteiger partial charge in [0.15, 0.2) is 0 Å². The van der Waals surface area contributed by atoms with Gasteiger partial charge in [-0.3, -0.25) is 9.78 Å². The maximum absolute atomic E-state index is 11.8. The highest BCUT2D eigenvalue weighted by Crippen LogP contribution is 2.26. The average Bonchev–Trinajstić information content (AvgIpc) is 2.92. The van der Waals surface area contributed by atoms with E-state index in [1.54, 1.807) is 6.07 Å². The molecule has 0 aromatic carbocycles. The molecule has 0 radical (unpaired) electrons. The zero-order chi connectivity index (χ0) is 12.8. The Labute approximate surface area is 107 Å². The Morgan fingerprint density at radius 2 is 2.22 bits per heavy atom. The van der Waals surface area contributed by atoms with Crippen LogP contribution >= 0.6 is 0 Å². The van der Waals surface area contributed by atoms with Crippen LogP contribution in [-0.4, -0.2) is 17.4 Å². The van der Waals surface area contributed by atoms with Crippen molar-refractivity contribution in [2.75, 3.05) is 6.54 Å². The fraction of sp³-hybridized carbons (Fsp3) is 0.500. The summed E-state index contributed by atoms with van der Waals surface area (Å²) in [5.74, 6) is 0.631. The highest BCUT2D eigenvalue weighted by Gasteiger charge is 2.15. The van der Waals surface area contributed by atoms with Crippen LogP contribution in [0.25, 0.3) is 0 Å². The maximum atomic E-state index is 11.8. The van der Waals surface area contributed by atoms with E-state index in [2.05, 4.69) is 10.3 Å². The molecule has 0 unspecified atom stereocenters. The van der Waals surface area contributed by atoms with E-state index in [1.165, 1.54) is 38.1 Å². The third-order valence-electron chi connectivity index (χ3n) is 3.44. The summed E-state index contributed by atoms with van der Waals surface area (Å²) in [5, 5.41) is 11.6. The molecular formula is C14H17N3O. The number of nitrogens with one attached hydrogen (secondary N) is 1. The van der Waals surface area contributed by atoms with Crippen molar-refractivity contribution < 1.29 is 4.79 Å². The van der Waals surface area contributed by atoms with E-state index in [-0.39, 0.29) is 5.91 Å². The summed E-state index contributed by atoms with van der Waals surface area (Å²) in [4.78, 5) is 15.7. The topological polar surface area (TPSA) is 65.8 Å². The van der Waals surface area contributed by atoms with Gasteiger partial charge >= 0.3 is 0 Å². The van der Waals surface area contributed by atoms with Crippen LogP contribution in [-0.2, 0) is 0 Å². The lowest BCUT2D eigenvalue weighted by molar-refractivity contribution is 0.0951. The van der Waals surface area contributed by atoms with Gasteiger partial charge in [-0.15, -0.1) is 0 Å². The number of amides is 1. The fourth-order valence-electron chi connectivity index (χ4n) is 2.42. The van der Waals surface area contributed by atoms with E-state index in [0.29, 0.717) is 17.7 Å². The van der Waals surface area contributed by atoms with Crippen molar-refractivity contribution >= 4 is 5.91 Å². The molecule has 94 valence electrons. The predicted octanol–water partition coefficient (Wildman–Crippen LogP) is 2.26. The maximum Gasteiger partial charge on any atom is 0.252 e. The molecule has 1 fully saturated rings. The number of carbonyl (C=O) groups is 1. The smallest absolute Gasteiger partial charge is 0.252 e. The molecule has 4 nitrogen and oxygen atoms in total. The molecule has 18 heavy (non-hydrogen) atoms. The van der Waals surface area contributed by atoms with Crippen LogP contribution in [0.15, 0.2) is 18.5 Å². The second kappa shape index (κ2) is 6.15. The highest BCUT2D eigenvalue weighted by molar-refractivity contribution is 5.94. The van der Waals surface area contributed by atoms with E-state index in [4.69, 9.17) is 5.26 Å². The standard InChI is InChI=1S/C14H17N3O/c15-8-12-7-13(10-16-9-12)14(18)17-6-5-11-3-1-2-4-11/h7,9-11H,1-6H2,(H,17,18). The SMILES string of the molecule is N#Cc1cncc(C(=O)NCCC2CCCC2)c1. The van der Waals surface area contributed by atoms with Gasteiger partial charge in [-0.1, -0.05) is 25.7 Å². The largest absolute Gasteiger partial charge is 0.352 e. The van der Waals surface area contributed by atoms with Crippen molar-refractivity contribution in [3.8, 4) is 6.07 Å². The van der Waals surface area contributed by atoms with Crippen molar-refractivity contribution in [2.24, 2.45) is 5.92 Å². The molecule has 0 saturated heterocycles. The lowest BCUT2D eigenvalue weighted by Gasteiger charge is -2.09. The fourth-order valence-corrected chi connectivity index (χ4v) is 2.42. The Balaban J connectivity index is 1.81. The molecule has 1 aliphatic rings. The van der Waals surface area contributed by atoms with E-state index >= 15 is 0 Å². The third kappa shape index (κ3) is 3.30. The summed E-state index contributed by atoms with van der Waals surface area (Å²) >= 11 is 0. The molecule has 1 aromatic heterocycles. The van der Waals surface area contributed by atoms with Crippen molar-refractivity contribution in [2.45, 2.75) is 32.1 Å². The molecule has 0 spiro atoms. The minimum atomic E-state index is -0.141. The third-order valence-corrected chi connectivity index (χ3v) is 3.44. The summed E-state index contributed by atoms with van der Waals surface area (Å²) < 4.78 is 0. The van der Waals surface area contributed by atoms with E-state index < -0.39 is 0 Å². The Morgan fingerprint density at radius 1 is 1.44 bits per heavy atom. The quantitative estimate of drug-likeness (QED) is 0.882. The zero-order valence-electron chi connectivity index (χ0n) is 10.4. The molecule has 1 amide bonds. The molecule has 4 heteroatoms. The number of rotatable bonds is 4. The first-order chi connectivity index (χ1) is 8.79. The van der Waals surface area contributed by atoms with Crippen LogP contribution < -0.4 is 5.32 Å². The van der Waals surface area contributed by atoms with Crippen molar-refractivity contribution in [1.29, 1.82) is 5.26 Å². The Morgan fingerprint density at radius 3 is 2.94 bits per heavy atom. The molecule has 0 atom stereocenters. The molecule has 1 aromatic rings. The summed E-state index contributed by atoms with van der Waals surface area (Å²) in [7, 11) is 0. The average molecular weight is 243 g/mol. The zero-order valence-corrected chi connectivity index (χ0v) is 10.4. The minimum absolute atomic E-state index is 0.141. The number of pyridine rings is 1. The summed E-state index contributed by atoms with van der Waals surface area (Å²) in [6.07, 6.45) is 9.24. The van der Waals surface area contributed by atoms with Crippen LogP contribution in [0, 0.1) is 17.2 Å². The van der Waals surface area contributed by atoms with Gasteiger partial charge in [0, 0.05) is 18.9 Å². The van der Waals surface area contributed by atoms with Crippen LogP contribution in [0.3, 0.4) is 0 Å². The van der Waals surface area contributed by atoms with Gasteiger partial charge in [0.05, 0.1) is 11.1 Å². The number of hydrogen-bond donors (Lipinski definition) is 1. The number of aromatic nitrogens is 1. The van der Waals surface area contributed by atoms with Crippen LogP contribution in [0.4, 0.5) is 0 Å². The van der Waals surface area contributed by atoms with Gasteiger partial charge in [-0.25, -0.2) is 0 Å². The molecule has 1 heterocycles. The highest BCUT2D eigenvalue weighted by atomic mass is 16.1. The van der Waals surface area contributed by atoms with Gasteiger partial charge in [-0.05, 0) is 18.4 Å². The Kier molecular flexibility index (Phi) is 4.30. The van der Waals surface area contributed by atoms with Crippen molar-refractivity contribution in [3.63, 3.8) is 0 Å². The Bertz CT molecular complexity index is 458. The van der Waals surface area contributed by atoms with Gasteiger partial charge in [0.1, 0.15) is 6.07 Å². The normalized spacial score (nSPS) is 15.3. The first-order valence-electron chi connectivity index (χ1n) is 6.43. The lowest BCUT2D eigenvalue weighted by Crippen LogP contribution is -2.25. The number of nitrogens with zero attached hydrogens (tertiary/aromatic N) is 2. The second-order valence-electron chi connectivity index (χ2n) is 4.77. The number of hydrogen-bond acceptors (Lipinski definition) is 3. The first kappa shape index (κ1) is 12.6. The second-order valence-corrected chi connectivity index (χ2v) is 4.77. The van der Waals surface area contributed by atoms with Gasteiger partial charge in [0.2, 0.25) is 0 Å². The minimum Gasteiger partial charge on any atom is -0.352 e. The molecule has 1 N–H and O–H groups in total. The van der Waals surface area contributed by atoms with Gasteiger partial charge in [0.25, 0.3) is 5.91 Å². The monoisotopic (exact) mass is 243 g/mol. The molecule has 2 rings (SSSR count). The number of nitriles is 1. The molecule has 0 bridgehead atoms. The van der Waals surface area contributed by atoms with Crippen molar-refractivity contribution in [3.05, 3.63) is 29.6 Å². The number of carbonyl (C=O) groups excluding carboxylic acids is 1. The first-order valence-corrected chi connectivity index (χ1v) is 6.43. The van der Waals surface area contributed by atoms with Gasteiger partial charge in [-0.2, -0.15) is 5.26 Å². The van der Waals surface area contributed by atoms with E-state index in [0.717, 1.165) is 12.3 Å². The van der Waals surface area contributed by atoms with E-state index in [9.17, 15) is 4.79 Å². The lowest BCUT2D eigenvalue weighted by atomic mass is 10.0. The molecular weight excluding hydrogens is 226 g/mol. The summed E-state index contributed by atoms with van der Waals surface area (Å²) in [5.41, 5.74) is 0.874. The molecule has 0 aliphatic heterocycles. The summed E-state index contributed by atoms with van der Waals surface area (Å²) in [6, 6.07) is 3.55. The molecule has 1 saturated carbocycles. The van der Waals surface area contributed by atoms with E-state index in [1.807, 2.05) is 6.07 Å². The summed E-state index contributed by atoms with van der Waals surface area (Å²) in [6.45, 7) is 0.709. The van der Waals surface area contributed by atoms with Crippen LogP contribution in [0.5, 0.6) is 0 Å². The molecule has 1 aliphatic carbocycles. The Hall–Kier alpha value is -1.89. The van der Waals surface area contributed by atoms with Crippen LogP contribution in [0.1, 0.15) is 48.0 Å². The predicted molar refractivity (Wildman–Crippen MR) is 67.9 cm³/mol. The van der Waals surface area contributed by atoms with Crippen molar-refractivity contribution in [1.82, 2.24) is 10.3 Å².